The predicted octanol–water partition coefficient (Wildman–Crippen LogP) is 3.16. The Morgan fingerprint density at radius 1 is 1.19 bits per heavy atom. The fourth-order valence-corrected chi connectivity index (χ4v) is 1.94. The minimum Gasteiger partial charge on any atom is -0.340 e. The van der Waals surface area contributed by atoms with Crippen molar-refractivity contribution in [2.45, 2.75) is 41.0 Å². The monoisotopic (exact) mass is 217 g/mol. The first-order valence-electron chi connectivity index (χ1n) is 5.68. The summed E-state index contributed by atoms with van der Waals surface area (Å²) in [5.41, 5.74) is 4.41. The molecule has 2 heterocycles. The van der Waals surface area contributed by atoms with Crippen molar-refractivity contribution in [2.24, 2.45) is 5.41 Å². The van der Waals surface area contributed by atoms with Crippen molar-refractivity contribution in [3.8, 4) is 0 Å². The van der Waals surface area contributed by atoms with E-state index in [1.807, 2.05) is 6.92 Å². The van der Waals surface area contributed by atoms with Crippen LogP contribution >= 0.6 is 0 Å². The average molecular weight is 217 g/mol. The summed E-state index contributed by atoms with van der Waals surface area (Å²) in [6, 6.07) is 2.08. The Morgan fingerprint density at radius 2 is 1.88 bits per heavy atom. The Bertz CT molecular complexity index is 518. The lowest BCUT2D eigenvalue weighted by molar-refractivity contribution is 0.402. The molecule has 2 aromatic heterocycles. The highest BCUT2D eigenvalue weighted by Crippen LogP contribution is 2.21. The van der Waals surface area contributed by atoms with Crippen molar-refractivity contribution in [3.05, 3.63) is 23.1 Å². The fourth-order valence-electron chi connectivity index (χ4n) is 1.94. The maximum absolute atomic E-state index is 4.55. The topological polar surface area (TPSA) is 41.6 Å². The number of rotatable bonds is 1. The number of hydrogen-bond acceptors (Lipinski definition) is 2. The van der Waals surface area contributed by atoms with Crippen LogP contribution in [0.15, 0.2) is 6.07 Å². The van der Waals surface area contributed by atoms with Crippen molar-refractivity contribution >= 4 is 11.2 Å². The van der Waals surface area contributed by atoms with E-state index >= 15 is 0 Å². The second-order valence-corrected chi connectivity index (χ2v) is 5.70. The molecule has 3 nitrogen and oxygen atoms in total. The molecule has 0 aliphatic heterocycles. The number of aromatic nitrogens is 3. The van der Waals surface area contributed by atoms with Crippen LogP contribution in [0.25, 0.3) is 11.2 Å². The van der Waals surface area contributed by atoms with Crippen molar-refractivity contribution in [2.75, 3.05) is 0 Å². The van der Waals surface area contributed by atoms with Gasteiger partial charge in [0.15, 0.2) is 5.65 Å². The summed E-state index contributed by atoms with van der Waals surface area (Å²) < 4.78 is 0. The van der Waals surface area contributed by atoms with E-state index in [-0.39, 0.29) is 5.41 Å². The van der Waals surface area contributed by atoms with E-state index < -0.39 is 0 Å². The predicted molar refractivity (Wildman–Crippen MR) is 66.5 cm³/mol. The smallest absolute Gasteiger partial charge is 0.178 e. The van der Waals surface area contributed by atoms with Crippen LogP contribution in [0.5, 0.6) is 0 Å². The highest BCUT2D eigenvalue weighted by molar-refractivity contribution is 5.74. The molecular formula is C13H19N3. The molecule has 2 aromatic rings. The number of aryl methyl sites for hydroxylation is 2. The Balaban J connectivity index is 2.48. The number of aromatic amines is 1. The summed E-state index contributed by atoms with van der Waals surface area (Å²) in [4.78, 5) is 12.4. The lowest BCUT2D eigenvalue weighted by atomic mass is 9.92. The minimum atomic E-state index is 0.247. The Labute approximate surface area is 96.3 Å². The van der Waals surface area contributed by atoms with Gasteiger partial charge in [-0.25, -0.2) is 9.97 Å². The molecule has 0 radical (unpaired) electrons. The fraction of sp³-hybridized carbons (Fsp3) is 0.538. The molecule has 0 aliphatic carbocycles. The first-order chi connectivity index (χ1) is 7.35. The molecule has 2 rings (SSSR count). The summed E-state index contributed by atoms with van der Waals surface area (Å²) >= 11 is 0. The molecule has 0 atom stereocenters. The number of H-pyrrole nitrogens is 1. The van der Waals surface area contributed by atoms with E-state index in [4.69, 9.17) is 0 Å². The van der Waals surface area contributed by atoms with Crippen LogP contribution in [0, 0.1) is 19.3 Å². The molecule has 0 spiro atoms. The first-order valence-corrected chi connectivity index (χ1v) is 5.68. The van der Waals surface area contributed by atoms with E-state index in [1.165, 1.54) is 5.56 Å². The van der Waals surface area contributed by atoms with Gasteiger partial charge in [0.2, 0.25) is 0 Å². The van der Waals surface area contributed by atoms with Crippen LogP contribution < -0.4 is 0 Å². The third kappa shape index (κ3) is 2.23. The normalized spacial score (nSPS) is 12.3. The molecular weight excluding hydrogens is 198 g/mol. The third-order valence-corrected chi connectivity index (χ3v) is 2.53. The number of hydrogen-bond donors (Lipinski definition) is 1. The number of nitrogens with one attached hydrogen (secondary N) is 1. The zero-order valence-corrected chi connectivity index (χ0v) is 10.7. The Kier molecular flexibility index (Phi) is 2.49. The molecule has 0 saturated heterocycles. The summed E-state index contributed by atoms with van der Waals surface area (Å²) in [6.07, 6.45) is 0.946. The third-order valence-electron chi connectivity index (χ3n) is 2.53. The zero-order valence-electron chi connectivity index (χ0n) is 10.7. The molecule has 16 heavy (non-hydrogen) atoms. The molecule has 0 aromatic carbocycles. The Hall–Kier alpha value is -1.38. The second kappa shape index (κ2) is 3.58. The largest absolute Gasteiger partial charge is 0.340 e. The lowest BCUT2D eigenvalue weighted by Gasteiger charge is -2.15. The summed E-state index contributed by atoms with van der Waals surface area (Å²) in [7, 11) is 0. The molecule has 0 aliphatic rings. The summed E-state index contributed by atoms with van der Waals surface area (Å²) in [6.45, 7) is 10.7. The van der Waals surface area contributed by atoms with E-state index in [1.54, 1.807) is 0 Å². The molecule has 0 fully saturated rings. The summed E-state index contributed by atoms with van der Waals surface area (Å²) in [5.74, 6) is 1.03. The van der Waals surface area contributed by atoms with Gasteiger partial charge in [0.1, 0.15) is 5.82 Å². The average Bonchev–Trinajstić information content (AvgIpc) is 2.43. The molecule has 0 bridgehead atoms. The highest BCUT2D eigenvalue weighted by atomic mass is 15.0. The number of fused-ring (bicyclic) bond motifs is 1. The lowest BCUT2D eigenvalue weighted by Crippen LogP contribution is -2.10. The molecule has 0 unspecified atom stereocenters. The van der Waals surface area contributed by atoms with Gasteiger partial charge >= 0.3 is 0 Å². The van der Waals surface area contributed by atoms with E-state index in [0.717, 1.165) is 29.1 Å². The highest BCUT2D eigenvalue weighted by Gasteiger charge is 2.15. The van der Waals surface area contributed by atoms with Crippen molar-refractivity contribution in [3.63, 3.8) is 0 Å². The number of imidazole rings is 1. The van der Waals surface area contributed by atoms with Gasteiger partial charge in [0.25, 0.3) is 0 Å². The van der Waals surface area contributed by atoms with Gasteiger partial charge in [-0.2, -0.15) is 0 Å². The van der Waals surface area contributed by atoms with Gasteiger partial charge in [0, 0.05) is 12.1 Å². The molecule has 0 saturated carbocycles. The Morgan fingerprint density at radius 3 is 2.50 bits per heavy atom. The minimum absolute atomic E-state index is 0.247. The van der Waals surface area contributed by atoms with Crippen LogP contribution in [0.2, 0.25) is 0 Å². The standard InChI is InChI=1S/C13H19N3/c1-8-6-9(2)14-12-11(8)15-10(16-12)7-13(3,4)5/h6H,7H2,1-5H3,(H,14,15,16). The molecule has 86 valence electrons. The maximum Gasteiger partial charge on any atom is 0.178 e. The second-order valence-electron chi connectivity index (χ2n) is 5.70. The van der Waals surface area contributed by atoms with Crippen molar-refractivity contribution in [1.82, 2.24) is 15.0 Å². The van der Waals surface area contributed by atoms with Crippen LogP contribution in [-0.2, 0) is 6.42 Å². The molecule has 1 N–H and O–H groups in total. The molecule has 0 amide bonds. The SMILES string of the molecule is Cc1cc(C)c2[nH]c(CC(C)(C)C)nc2n1. The van der Waals surface area contributed by atoms with Crippen LogP contribution in [-0.4, -0.2) is 15.0 Å². The van der Waals surface area contributed by atoms with Gasteiger partial charge in [-0.1, -0.05) is 20.8 Å². The maximum atomic E-state index is 4.55. The van der Waals surface area contributed by atoms with E-state index in [9.17, 15) is 0 Å². The van der Waals surface area contributed by atoms with E-state index in [2.05, 4.69) is 48.7 Å². The molecule has 3 heteroatoms. The number of nitrogens with zero attached hydrogens (tertiary/aromatic N) is 2. The van der Waals surface area contributed by atoms with Gasteiger partial charge in [0.05, 0.1) is 5.52 Å². The quantitative estimate of drug-likeness (QED) is 0.797. The van der Waals surface area contributed by atoms with Crippen molar-refractivity contribution < 1.29 is 0 Å². The van der Waals surface area contributed by atoms with Gasteiger partial charge in [-0.3, -0.25) is 0 Å². The van der Waals surface area contributed by atoms with Gasteiger partial charge in [-0.15, -0.1) is 0 Å². The number of pyridine rings is 1. The summed E-state index contributed by atoms with van der Waals surface area (Å²) in [5, 5.41) is 0. The first kappa shape index (κ1) is 11.1. The van der Waals surface area contributed by atoms with Crippen LogP contribution in [0.4, 0.5) is 0 Å². The van der Waals surface area contributed by atoms with E-state index in [0.29, 0.717) is 0 Å². The van der Waals surface area contributed by atoms with Gasteiger partial charge in [-0.05, 0) is 30.9 Å². The van der Waals surface area contributed by atoms with Gasteiger partial charge < -0.3 is 4.98 Å². The van der Waals surface area contributed by atoms with Crippen molar-refractivity contribution in [1.29, 1.82) is 0 Å². The zero-order chi connectivity index (χ0) is 11.9. The van der Waals surface area contributed by atoms with Crippen LogP contribution in [0.1, 0.15) is 37.9 Å². The van der Waals surface area contributed by atoms with Crippen LogP contribution in [0.3, 0.4) is 0 Å².